The van der Waals surface area contributed by atoms with Crippen LogP contribution in [0.5, 0.6) is 0 Å². The molecule has 0 aromatic heterocycles. The molecule has 1 saturated carbocycles. The Bertz CT molecular complexity index is 1230. The summed E-state index contributed by atoms with van der Waals surface area (Å²) in [5.74, 6) is 1.37. The van der Waals surface area contributed by atoms with Crippen LogP contribution in [0.1, 0.15) is 79.7 Å². The number of fused-ring (bicyclic) bond motifs is 1. The van der Waals surface area contributed by atoms with Gasteiger partial charge in [-0.25, -0.2) is 0 Å². The summed E-state index contributed by atoms with van der Waals surface area (Å²) in [6.45, 7) is 7.80. The number of hydrogen-bond acceptors (Lipinski definition) is 3. The van der Waals surface area contributed by atoms with Crippen LogP contribution in [0.4, 0.5) is 0 Å². The first-order chi connectivity index (χ1) is 19.6. The van der Waals surface area contributed by atoms with Crippen LogP contribution in [-0.2, 0) is 17.9 Å². The van der Waals surface area contributed by atoms with E-state index in [1.807, 2.05) is 18.2 Å². The van der Waals surface area contributed by atoms with E-state index in [2.05, 4.69) is 88.8 Å². The topological polar surface area (TPSA) is 35.6 Å². The Morgan fingerprint density at radius 1 is 0.800 bits per heavy atom. The van der Waals surface area contributed by atoms with E-state index in [0.29, 0.717) is 12.0 Å². The molecule has 2 aliphatic heterocycles. The number of likely N-dealkylation sites (tertiary alicyclic amines) is 2. The normalized spacial score (nSPS) is 26.2. The molecule has 1 N–H and O–H groups in total. The molecule has 0 bridgehead atoms. The maximum absolute atomic E-state index is 13.4. The number of amides is 1. The van der Waals surface area contributed by atoms with Gasteiger partial charge in [0, 0.05) is 38.1 Å². The van der Waals surface area contributed by atoms with Gasteiger partial charge in [-0.05, 0) is 73.2 Å². The number of nitrogens with zero attached hydrogens (tertiary/aromatic N) is 2. The lowest BCUT2D eigenvalue weighted by Gasteiger charge is -2.37. The molecule has 3 aromatic rings. The summed E-state index contributed by atoms with van der Waals surface area (Å²) in [6, 6.07) is 31.2. The van der Waals surface area contributed by atoms with E-state index in [0.717, 1.165) is 43.8 Å². The predicted octanol–water partition coefficient (Wildman–Crippen LogP) is 6.93. The maximum Gasteiger partial charge on any atom is 0.224 e. The van der Waals surface area contributed by atoms with Crippen LogP contribution >= 0.6 is 0 Å². The van der Waals surface area contributed by atoms with Crippen molar-refractivity contribution < 1.29 is 4.79 Å². The number of benzene rings is 3. The number of carbonyl (C=O) groups is 1. The average Bonchev–Trinajstić information content (AvgIpc) is 3.42. The summed E-state index contributed by atoms with van der Waals surface area (Å²) in [6.07, 6.45) is 7.10. The lowest BCUT2D eigenvalue weighted by molar-refractivity contribution is -0.127. The van der Waals surface area contributed by atoms with E-state index >= 15 is 0 Å². The standard InChI is InChI=1S/C36H45N3O/c1-27(30-13-6-3-7-14-30)37-36(40)34-17-9-8-16-33(34)31-20-18-29(19-21-31)24-39-22-10-15-32-25-38(26-35(32)39)23-28-11-4-2-5-12-28/h2-7,11-14,18-21,27,32-35H,8-10,15-17,22-26H2,1H3,(H,37,40)/t27-,32?,33-,34+,35?/m1/s1. The van der Waals surface area contributed by atoms with E-state index in [1.54, 1.807) is 0 Å². The van der Waals surface area contributed by atoms with E-state index in [9.17, 15) is 4.79 Å². The van der Waals surface area contributed by atoms with Crippen molar-refractivity contribution in [1.29, 1.82) is 0 Å². The van der Waals surface area contributed by atoms with Crippen LogP contribution in [-0.4, -0.2) is 41.4 Å². The summed E-state index contributed by atoms with van der Waals surface area (Å²) in [5.41, 5.74) is 5.33. The van der Waals surface area contributed by atoms with Gasteiger partial charge in [-0.2, -0.15) is 0 Å². The monoisotopic (exact) mass is 535 g/mol. The highest BCUT2D eigenvalue weighted by molar-refractivity contribution is 5.80. The molecular formula is C36H45N3O. The number of piperidine rings is 1. The van der Waals surface area contributed by atoms with E-state index < -0.39 is 0 Å². The fourth-order valence-electron chi connectivity index (χ4n) is 7.62. The van der Waals surface area contributed by atoms with E-state index in [4.69, 9.17) is 0 Å². The number of hydrogen-bond donors (Lipinski definition) is 1. The molecule has 2 saturated heterocycles. The third-order valence-corrected chi connectivity index (χ3v) is 9.77. The van der Waals surface area contributed by atoms with Crippen molar-refractivity contribution in [2.24, 2.45) is 11.8 Å². The lowest BCUT2D eigenvalue weighted by atomic mass is 9.74. The summed E-state index contributed by atoms with van der Waals surface area (Å²) in [4.78, 5) is 18.8. The van der Waals surface area contributed by atoms with Gasteiger partial charge in [-0.1, -0.05) is 97.8 Å². The Morgan fingerprint density at radius 2 is 1.50 bits per heavy atom. The third-order valence-electron chi connectivity index (χ3n) is 9.77. The van der Waals surface area contributed by atoms with E-state index in [-0.39, 0.29) is 17.9 Å². The van der Waals surface area contributed by atoms with Crippen LogP contribution in [0.2, 0.25) is 0 Å². The van der Waals surface area contributed by atoms with Crippen LogP contribution in [0, 0.1) is 11.8 Å². The van der Waals surface area contributed by atoms with Gasteiger partial charge in [0.25, 0.3) is 0 Å². The van der Waals surface area contributed by atoms with Gasteiger partial charge in [-0.15, -0.1) is 0 Å². The van der Waals surface area contributed by atoms with E-state index in [1.165, 1.54) is 55.6 Å². The van der Waals surface area contributed by atoms with Gasteiger partial charge in [0.2, 0.25) is 5.91 Å². The Morgan fingerprint density at radius 3 is 2.27 bits per heavy atom. The average molecular weight is 536 g/mol. The molecule has 40 heavy (non-hydrogen) atoms. The second-order valence-corrected chi connectivity index (χ2v) is 12.5. The molecule has 3 aromatic carbocycles. The molecule has 2 unspecified atom stereocenters. The maximum atomic E-state index is 13.4. The molecule has 2 heterocycles. The SMILES string of the molecule is C[C@@H](NC(=O)[C@H]1CCCC[C@@H]1c1ccc(CN2CCCC3CN(Cc4ccccc4)CC32)cc1)c1ccccc1. The summed E-state index contributed by atoms with van der Waals surface area (Å²) in [5, 5.41) is 3.32. The van der Waals surface area contributed by atoms with Crippen LogP contribution in [0.3, 0.4) is 0 Å². The van der Waals surface area contributed by atoms with Gasteiger partial charge in [-0.3, -0.25) is 14.6 Å². The largest absolute Gasteiger partial charge is 0.349 e. The molecular weight excluding hydrogens is 490 g/mol. The smallest absolute Gasteiger partial charge is 0.224 e. The van der Waals surface area contributed by atoms with Crippen molar-refractivity contribution in [2.75, 3.05) is 19.6 Å². The summed E-state index contributed by atoms with van der Waals surface area (Å²) in [7, 11) is 0. The van der Waals surface area contributed by atoms with Gasteiger partial charge < -0.3 is 5.32 Å². The van der Waals surface area contributed by atoms with Crippen molar-refractivity contribution in [3.63, 3.8) is 0 Å². The number of rotatable bonds is 8. The first-order valence-electron chi connectivity index (χ1n) is 15.6. The molecule has 4 nitrogen and oxygen atoms in total. The van der Waals surface area contributed by atoms with Crippen molar-refractivity contribution >= 4 is 5.91 Å². The molecule has 1 aliphatic carbocycles. The second-order valence-electron chi connectivity index (χ2n) is 12.5. The quantitative estimate of drug-likeness (QED) is 0.340. The Kier molecular flexibility index (Phi) is 8.65. The first kappa shape index (κ1) is 27.2. The molecule has 210 valence electrons. The molecule has 0 radical (unpaired) electrons. The van der Waals surface area contributed by atoms with Gasteiger partial charge in [0.05, 0.1) is 6.04 Å². The molecule has 4 heteroatoms. The summed E-state index contributed by atoms with van der Waals surface area (Å²) >= 11 is 0. The van der Waals surface area contributed by atoms with Crippen LogP contribution in [0.15, 0.2) is 84.9 Å². The Balaban J connectivity index is 1.08. The fraction of sp³-hybridized carbons (Fsp3) is 0.472. The summed E-state index contributed by atoms with van der Waals surface area (Å²) < 4.78 is 0. The number of nitrogens with one attached hydrogen (secondary N) is 1. The van der Waals surface area contributed by atoms with Crippen LogP contribution < -0.4 is 5.32 Å². The zero-order valence-corrected chi connectivity index (χ0v) is 24.1. The van der Waals surface area contributed by atoms with Gasteiger partial charge in [0.1, 0.15) is 0 Å². The zero-order chi connectivity index (χ0) is 27.3. The number of carbonyl (C=O) groups excluding carboxylic acids is 1. The minimum atomic E-state index is 0.0335. The van der Waals surface area contributed by atoms with Crippen molar-refractivity contribution in [3.8, 4) is 0 Å². The molecule has 3 fully saturated rings. The Labute approximate surface area is 240 Å². The highest BCUT2D eigenvalue weighted by atomic mass is 16.2. The van der Waals surface area contributed by atoms with Crippen LogP contribution in [0.25, 0.3) is 0 Å². The molecule has 6 rings (SSSR count). The van der Waals surface area contributed by atoms with Crippen molar-refractivity contribution in [3.05, 3.63) is 107 Å². The lowest BCUT2D eigenvalue weighted by Crippen LogP contribution is -2.44. The van der Waals surface area contributed by atoms with Gasteiger partial charge >= 0.3 is 0 Å². The van der Waals surface area contributed by atoms with Crippen molar-refractivity contribution in [1.82, 2.24) is 15.1 Å². The third kappa shape index (κ3) is 6.34. The van der Waals surface area contributed by atoms with Gasteiger partial charge in [0.15, 0.2) is 0 Å². The fourth-order valence-corrected chi connectivity index (χ4v) is 7.62. The van der Waals surface area contributed by atoms with Crippen molar-refractivity contribution in [2.45, 2.75) is 76.5 Å². The second kappa shape index (κ2) is 12.7. The zero-order valence-electron chi connectivity index (χ0n) is 24.1. The Hall–Kier alpha value is -2.95. The highest BCUT2D eigenvalue weighted by Crippen LogP contribution is 2.39. The first-order valence-corrected chi connectivity index (χ1v) is 15.6. The molecule has 1 amide bonds. The minimum absolute atomic E-state index is 0.0335. The molecule has 5 atom stereocenters. The predicted molar refractivity (Wildman–Crippen MR) is 163 cm³/mol. The molecule has 0 spiro atoms. The minimum Gasteiger partial charge on any atom is -0.349 e. The highest BCUT2D eigenvalue weighted by Gasteiger charge is 2.39. The molecule has 3 aliphatic rings.